The Morgan fingerprint density at radius 2 is 1.94 bits per heavy atom. The van der Waals surface area contributed by atoms with Crippen LogP contribution in [0.2, 0.25) is 0 Å². The van der Waals surface area contributed by atoms with Crippen LogP contribution in [-0.2, 0) is 11.3 Å². The van der Waals surface area contributed by atoms with Crippen molar-refractivity contribution in [2.24, 2.45) is 0 Å². The largest absolute Gasteiger partial charge is 0.514 e. The summed E-state index contributed by atoms with van der Waals surface area (Å²) in [6.07, 6.45) is 4.07. The summed E-state index contributed by atoms with van der Waals surface area (Å²) in [7, 11) is 0. The van der Waals surface area contributed by atoms with Crippen LogP contribution in [0, 0.1) is 0 Å². The van der Waals surface area contributed by atoms with Crippen LogP contribution in [0.15, 0.2) is 61.1 Å². The number of aliphatic hydroxyl groups is 1. The molecule has 0 amide bonds. The normalized spacial score (nSPS) is 14.5. The number of aliphatic hydroxyl groups excluding tert-OH is 1. The average molecular weight is 478 g/mol. The van der Waals surface area contributed by atoms with Gasteiger partial charge in [0.15, 0.2) is 5.13 Å². The van der Waals surface area contributed by atoms with Crippen LogP contribution in [-0.4, -0.2) is 66.5 Å². The van der Waals surface area contributed by atoms with Crippen LogP contribution in [0.3, 0.4) is 0 Å². The molecule has 0 bridgehead atoms. The molecular formula is C22H23N9O2S. The van der Waals surface area contributed by atoms with Crippen LogP contribution in [0.25, 0.3) is 16.4 Å². The van der Waals surface area contributed by atoms with Crippen molar-refractivity contribution in [3.8, 4) is 16.4 Å². The fraction of sp³-hybridized carbons (Fsp3) is 0.227. The number of thiazole rings is 1. The highest BCUT2D eigenvalue weighted by atomic mass is 32.1. The fourth-order valence-corrected chi connectivity index (χ4v) is 4.23. The standard InChI is InChI=1S/C22H23N9O2S/c32-9-6-23-19-12-16(15-30-7-10-33-11-8-30)13-20(25-19)26-22-24-14-18(34-22)21-27-29-31(28-21)17-4-2-1-3-5-17/h1-6,9,12-14,32H,7-8,10-11,15H2,(H2,23,24,25,26)/b9-6+. The van der Waals surface area contributed by atoms with Gasteiger partial charge >= 0.3 is 0 Å². The molecule has 0 unspecified atom stereocenters. The van der Waals surface area contributed by atoms with E-state index in [1.54, 1.807) is 6.20 Å². The second-order valence-electron chi connectivity index (χ2n) is 7.49. The average Bonchev–Trinajstić information content (AvgIpc) is 3.54. The van der Waals surface area contributed by atoms with E-state index in [0.717, 1.165) is 55.2 Å². The molecule has 0 saturated carbocycles. The molecule has 1 saturated heterocycles. The van der Waals surface area contributed by atoms with Crippen molar-refractivity contribution in [1.29, 1.82) is 0 Å². The first kappa shape index (κ1) is 21.9. The Bertz CT molecular complexity index is 1250. The molecule has 174 valence electrons. The van der Waals surface area contributed by atoms with Gasteiger partial charge in [0.1, 0.15) is 11.6 Å². The van der Waals surface area contributed by atoms with Crippen molar-refractivity contribution < 1.29 is 9.84 Å². The van der Waals surface area contributed by atoms with Gasteiger partial charge in [-0.2, -0.15) is 0 Å². The number of nitrogens with one attached hydrogen (secondary N) is 2. The zero-order valence-corrected chi connectivity index (χ0v) is 19.0. The Labute approximate surface area is 199 Å². The maximum absolute atomic E-state index is 9.01. The second kappa shape index (κ2) is 10.4. The number of nitrogens with zero attached hydrogens (tertiary/aromatic N) is 7. The molecule has 3 N–H and O–H groups in total. The number of pyridine rings is 1. The van der Waals surface area contributed by atoms with Gasteiger partial charge in [-0.3, -0.25) is 4.90 Å². The summed E-state index contributed by atoms with van der Waals surface area (Å²) in [4.78, 5) is 13.6. The molecule has 0 spiro atoms. The second-order valence-corrected chi connectivity index (χ2v) is 8.52. The van der Waals surface area contributed by atoms with Gasteiger partial charge in [-0.25, -0.2) is 9.97 Å². The van der Waals surface area contributed by atoms with Crippen molar-refractivity contribution >= 4 is 28.1 Å². The lowest BCUT2D eigenvalue weighted by Crippen LogP contribution is -2.35. The first-order valence-corrected chi connectivity index (χ1v) is 11.5. The van der Waals surface area contributed by atoms with E-state index < -0.39 is 0 Å². The number of para-hydroxylation sites is 1. The van der Waals surface area contributed by atoms with Gasteiger partial charge in [0.05, 0.1) is 36.2 Å². The molecule has 12 heteroatoms. The van der Waals surface area contributed by atoms with E-state index in [-0.39, 0.29) is 0 Å². The molecule has 1 aromatic carbocycles. The zero-order valence-electron chi connectivity index (χ0n) is 18.2. The Morgan fingerprint density at radius 3 is 2.76 bits per heavy atom. The Balaban J connectivity index is 1.33. The van der Waals surface area contributed by atoms with E-state index in [2.05, 4.69) is 40.9 Å². The van der Waals surface area contributed by atoms with E-state index in [1.807, 2.05) is 42.5 Å². The SMILES string of the molecule is O/C=C/Nc1cc(CN2CCOCC2)cc(Nc2ncc(-c3nnn(-c4ccccc4)n3)s2)n1. The number of hydrogen-bond acceptors (Lipinski definition) is 11. The summed E-state index contributed by atoms with van der Waals surface area (Å²) in [6, 6.07) is 13.6. The van der Waals surface area contributed by atoms with Crippen molar-refractivity contribution in [3.05, 3.63) is 66.7 Å². The Hall–Kier alpha value is -3.87. The molecule has 34 heavy (non-hydrogen) atoms. The molecule has 11 nitrogen and oxygen atoms in total. The lowest BCUT2D eigenvalue weighted by Gasteiger charge is -2.26. The van der Waals surface area contributed by atoms with E-state index in [4.69, 9.17) is 9.84 Å². The predicted octanol–water partition coefficient (Wildman–Crippen LogP) is 3.20. The predicted molar refractivity (Wildman–Crippen MR) is 129 cm³/mol. The maximum atomic E-state index is 9.01. The van der Waals surface area contributed by atoms with Crippen molar-refractivity contribution in [2.75, 3.05) is 36.9 Å². The molecule has 1 aliphatic rings. The number of tetrazole rings is 1. The number of hydrogen-bond donors (Lipinski definition) is 3. The topological polar surface area (TPSA) is 126 Å². The third kappa shape index (κ3) is 5.36. The Morgan fingerprint density at radius 1 is 1.12 bits per heavy atom. The maximum Gasteiger partial charge on any atom is 0.216 e. The fourth-order valence-electron chi connectivity index (χ4n) is 3.49. The minimum atomic E-state index is 0.499. The number of morpholine rings is 1. The number of benzene rings is 1. The first-order valence-electron chi connectivity index (χ1n) is 10.7. The summed E-state index contributed by atoms with van der Waals surface area (Å²) in [5.74, 6) is 1.75. The van der Waals surface area contributed by atoms with E-state index in [1.165, 1.54) is 22.3 Å². The number of ether oxygens (including phenoxy) is 1. The molecule has 4 heterocycles. The number of anilines is 3. The van der Waals surface area contributed by atoms with Gasteiger partial charge in [-0.05, 0) is 35.0 Å². The zero-order chi connectivity index (χ0) is 23.2. The lowest BCUT2D eigenvalue weighted by atomic mass is 10.2. The van der Waals surface area contributed by atoms with Gasteiger partial charge in [-0.1, -0.05) is 29.5 Å². The monoisotopic (exact) mass is 477 g/mol. The summed E-state index contributed by atoms with van der Waals surface area (Å²) in [5.41, 5.74) is 1.92. The summed E-state index contributed by atoms with van der Waals surface area (Å²) in [5, 5.41) is 28.7. The van der Waals surface area contributed by atoms with Crippen LogP contribution in [0.4, 0.5) is 16.8 Å². The first-order chi connectivity index (χ1) is 16.8. The van der Waals surface area contributed by atoms with Crippen LogP contribution in [0.1, 0.15) is 5.56 Å². The molecule has 3 aromatic heterocycles. The highest BCUT2D eigenvalue weighted by Gasteiger charge is 2.14. The summed E-state index contributed by atoms with van der Waals surface area (Å²) >= 11 is 1.41. The minimum absolute atomic E-state index is 0.499. The van der Waals surface area contributed by atoms with Gasteiger partial charge in [0.25, 0.3) is 0 Å². The van der Waals surface area contributed by atoms with Gasteiger partial charge < -0.3 is 20.5 Å². The van der Waals surface area contributed by atoms with Crippen molar-refractivity contribution in [1.82, 2.24) is 35.1 Å². The molecular weight excluding hydrogens is 454 g/mol. The Kier molecular flexibility index (Phi) is 6.70. The lowest BCUT2D eigenvalue weighted by molar-refractivity contribution is 0.0342. The highest BCUT2D eigenvalue weighted by molar-refractivity contribution is 7.18. The summed E-state index contributed by atoms with van der Waals surface area (Å²) < 4.78 is 5.44. The van der Waals surface area contributed by atoms with E-state index >= 15 is 0 Å². The van der Waals surface area contributed by atoms with Gasteiger partial charge in [0, 0.05) is 25.8 Å². The van der Waals surface area contributed by atoms with Gasteiger partial charge in [-0.15, -0.1) is 15.0 Å². The minimum Gasteiger partial charge on any atom is -0.514 e. The number of rotatable bonds is 8. The smallest absolute Gasteiger partial charge is 0.216 e. The molecule has 4 aromatic rings. The molecule has 0 radical (unpaired) electrons. The number of aromatic nitrogens is 6. The van der Waals surface area contributed by atoms with Crippen molar-refractivity contribution in [2.45, 2.75) is 6.54 Å². The third-order valence-corrected chi connectivity index (χ3v) is 5.97. The van der Waals surface area contributed by atoms with Crippen LogP contribution < -0.4 is 10.6 Å². The third-order valence-electron chi connectivity index (χ3n) is 5.06. The highest BCUT2D eigenvalue weighted by Crippen LogP contribution is 2.29. The van der Waals surface area contributed by atoms with Crippen LogP contribution >= 0.6 is 11.3 Å². The molecule has 0 aliphatic carbocycles. The van der Waals surface area contributed by atoms with E-state index in [0.29, 0.717) is 22.6 Å². The molecule has 5 rings (SSSR count). The van der Waals surface area contributed by atoms with Crippen molar-refractivity contribution in [3.63, 3.8) is 0 Å². The van der Waals surface area contributed by atoms with Gasteiger partial charge in [0.2, 0.25) is 5.82 Å². The molecule has 0 atom stereocenters. The molecule has 1 aliphatic heterocycles. The quantitative estimate of drug-likeness (QED) is 0.326. The molecule has 1 fully saturated rings. The van der Waals surface area contributed by atoms with Crippen LogP contribution in [0.5, 0.6) is 0 Å². The summed E-state index contributed by atoms with van der Waals surface area (Å²) in [6.45, 7) is 4.01. The van der Waals surface area contributed by atoms with E-state index in [9.17, 15) is 0 Å².